The first kappa shape index (κ1) is 14.5. The van der Waals surface area contributed by atoms with Crippen LogP contribution in [0.4, 0.5) is 11.4 Å². The van der Waals surface area contributed by atoms with E-state index in [1.165, 1.54) is 37.1 Å². The number of anilines is 2. The summed E-state index contributed by atoms with van der Waals surface area (Å²) in [6.45, 7) is 2.39. The molecule has 0 spiro atoms. The molecule has 0 bridgehead atoms. The predicted molar refractivity (Wildman–Crippen MR) is 90.6 cm³/mol. The molecule has 0 aromatic heterocycles. The Morgan fingerprint density at radius 2 is 1.76 bits per heavy atom. The van der Waals surface area contributed by atoms with E-state index < -0.39 is 0 Å². The third-order valence-corrected chi connectivity index (χ3v) is 4.93. The lowest BCUT2D eigenvalue weighted by atomic mass is 9.97. The van der Waals surface area contributed by atoms with Gasteiger partial charge in [0.2, 0.25) is 0 Å². The van der Waals surface area contributed by atoms with Crippen LogP contribution in [0.3, 0.4) is 0 Å². The standard InChI is InChI=1S/C18H27N3/c1-18(10-11-18)17(20-3)12-16(13-4-5-13)21-15-8-6-14(19-2)7-9-15/h6-9,12-13,17,19-21H,4-5,10-11H2,1-3H3/b16-12-. The van der Waals surface area contributed by atoms with E-state index in [-0.39, 0.29) is 0 Å². The molecule has 1 atom stereocenters. The minimum atomic E-state index is 0.465. The van der Waals surface area contributed by atoms with Crippen molar-refractivity contribution in [1.29, 1.82) is 0 Å². The Morgan fingerprint density at radius 1 is 1.14 bits per heavy atom. The van der Waals surface area contributed by atoms with E-state index >= 15 is 0 Å². The molecule has 2 fully saturated rings. The lowest BCUT2D eigenvalue weighted by Crippen LogP contribution is -2.32. The SMILES string of the molecule is CNc1ccc(N/C(=C\C(NC)C2(C)CC2)C2CC2)cc1. The topological polar surface area (TPSA) is 36.1 Å². The Morgan fingerprint density at radius 3 is 2.24 bits per heavy atom. The maximum atomic E-state index is 3.65. The summed E-state index contributed by atoms with van der Waals surface area (Å²) in [6, 6.07) is 9.01. The van der Waals surface area contributed by atoms with Crippen LogP contribution in [-0.4, -0.2) is 20.1 Å². The molecule has 3 rings (SSSR count). The fourth-order valence-electron chi connectivity index (χ4n) is 2.88. The van der Waals surface area contributed by atoms with E-state index in [1.807, 2.05) is 7.05 Å². The van der Waals surface area contributed by atoms with Crippen LogP contribution in [0.25, 0.3) is 0 Å². The molecule has 0 amide bonds. The normalized spacial score (nSPS) is 21.8. The minimum Gasteiger partial charge on any atom is -0.388 e. The lowest BCUT2D eigenvalue weighted by Gasteiger charge is -2.22. The number of likely N-dealkylation sites (N-methyl/N-ethyl adjacent to an activating group) is 1. The molecular formula is C18H27N3. The Kier molecular flexibility index (Phi) is 3.94. The summed E-state index contributed by atoms with van der Waals surface area (Å²) in [4.78, 5) is 0. The molecule has 2 saturated carbocycles. The van der Waals surface area contributed by atoms with Crippen molar-refractivity contribution in [3.8, 4) is 0 Å². The highest BCUT2D eigenvalue weighted by atomic mass is 14.9. The van der Waals surface area contributed by atoms with Crippen molar-refractivity contribution in [2.75, 3.05) is 24.7 Å². The first-order chi connectivity index (χ1) is 10.1. The van der Waals surface area contributed by atoms with Crippen LogP contribution >= 0.6 is 0 Å². The number of allylic oxidation sites excluding steroid dienone is 1. The van der Waals surface area contributed by atoms with E-state index in [0.717, 1.165) is 11.6 Å². The van der Waals surface area contributed by atoms with Crippen molar-refractivity contribution in [3.05, 3.63) is 36.0 Å². The van der Waals surface area contributed by atoms with Crippen LogP contribution in [0.2, 0.25) is 0 Å². The summed E-state index contributed by atoms with van der Waals surface area (Å²) in [5, 5.41) is 10.3. The lowest BCUT2D eigenvalue weighted by molar-refractivity contribution is 0.440. The minimum absolute atomic E-state index is 0.465. The molecule has 0 saturated heterocycles. The van der Waals surface area contributed by atoms with Gasteiger partial charge < -0.3 is 16.0 Å². The highest BCUT2D eigenvalue weighted by Crippen LogP contribution is 2.49. The summed E-state index contributed by atoms with van der Waals surface area (Å²) < 4.78 is 0. The maximum absolute atomic E-state index is 3.65. The second-order valence-corrected chi connectivity index (χ2v) is 6.77. The molecule has 2 aliphatic carbocycles. The van der Waals surface area contributed by atoms with Crippen LogP contribution < -0.4 is 16.0 Å². The number of nitrogens with one attached hydrogen (secondary N) is 3. The first-order valence-electron chi connectivity index (χ1n) is 8.08. The third-order valence-electron chi connectivity index (χ3n) is 4.93. The van der Waals surface area contributed by atoms with Gasteiger partial charge in [-0.25, -0.2) is 0 Å². The van der Waals surface area contributed by atoms with Crippen LogP contribution in [0.1, 0.15) is 32.6 Å². The van der Waals surface area contributed by atoms with Gasteiger partial charge in [0.25, 0.3) is 0 Å². The van der Waals surface area contributed by atoms with Crippen LogP contribution in [-0.2, 0) is 0 Å². The molecule has 0 radical (unpaired) electrons. The van der Waals surface area contributed by atoms with Gasteiger partial charge >= 0.3 is 0 Å². The summed E-state index contributed by atoms with van der Waals surface area (Å²) in [5.41, 5.74) is 4.20. The van der Waals surface area contributed by atoms with Crippen molar-refractivity contribution < 1.29 is 0 Å². The summed E-state index contributed by atoms with van der Waals surface area (Å²) in [7, 11) is 4.03. The predicted octanol–water partition coefficient (Wildman–Crippen LogP) is 3.82. The number of hydrogen-bond donors (Lipinski definition) is 3. The largest absolute Gasteiger partial charge is 0.388 e. The number of rotatable bonds is 7. The van der Waals surface area contributed by atoms with Gasteiger partial charge in [0.05, 0.1) is 0 Å². The van der Waals surface area contributed by atoms with E-state index in [0.29, 0.717) is 11.5 Å². The van der Waals surface area contributed by atoms with Crippen LogP contribution in [0.15, 0.2) is 36.0 Å². The van der Waals surface area contributed by atoms with Gasteiger partial charge in [-0.2, -0.15) is 0 Å². The Labute approximate surface area is 128 Å². The monoisotopic (exact) mass is 285 g/mol. The van der Waals surface area contributed by atoms with Gasteiger partial charge in [-0.05, 0) is 74.4 Å². The fraction of sp³-hybridized carbons (Fsp3) is 0.556. The second-order valence-electron chi connectivity index (χ2n) is 6.77. The van der Waals surface area contributed by atoms with Crippen molar-refractivity contribution in [2.45, 2.75) is 38.6 Å². The zero-order valence-electron chi connectivity index (χ0n) is 13.4. The molecule has 2 aliphatic rings. The van der Waals surface area contributed by atoms with E-state index in [2.05, 4.69) is 60.3 Å². The van der Waals surface area contributed by atoms with Crippen LogP contribution in [0.5, 0.6) is 0 Å². The molecule has 3 heteroatoms. The molecule has 0 aliphatic heterocycles. The molecule has 3 N–H and O–H groups in total. The van der Waals surface area contributed by atoms with E-state index in [9.17, 15) is 0 Å². The summed E-state index contributed by atoms with van der Waals surface area (Å²) >= 11 is 0. The van der Waals surface area contributed by atoms with Crippen LogP contribution in [0, 0.1) is 11.3 Å². The average molecular weight is 285 g/mol. The van der Waals surface area contributed by atoms with Crippen molar-refractivity contribution in [1.82, 2.24) is 5.32 Å². The molecule has 0 heterocycles. The molecule has 21 heavy (non-hydrogen) atoms. The van der Waals surface area contributed by atoms with Gasteiger partial charge in [0.15, 0.2) is 0 Å². The number of hydrogen-bond acceptors (Lipinski definition) is 3. The number of benzene rings is 1. The van der Waals surface area contributed by atoms with Gasteiger partial charge in [-0.15, -0.1) is 0 Å². The molecule has 1 unspecified atom stereocenters. The fourth-order valence-corrected chi connectivity index (χ4v) is 2.88. The first-order valence-corrected chi connectivity index (χ1v) is 8.08. The highest BCUT2D eigenvalue weighted by molar-refractivity contribution is 5.56. The van der Waals surface area contributed by atoms with Crippen molar-refractivity contribution in [2.24, 2.45) is 11.3 Å². The second kappa shape index (κ2) is 5.72. The van der Waals surface area contributed by atoms with Gasteiger partial charge in [0.1, 0.15) is 0 Å². The average Bonchev–Trinajstić information content (AvgIpc) is 3.40. The van der Waals surface area contributed by atoms with E-state index in [4.69, 9.17) is 0 Å². The van der Waals surface area contributed by atoms with Gasteiger partial charge in [0, 0.05) is 30.2 Å². The van der Waals surface area contributed by atoms with Gasteiger partial charge in [-0.1, -0.05) is 6.92 Å². The smallest absolute Gasteiger partial charge is 0.0383 e. The molecular weight excluding hydrogens is 258 g/mol. The van der Waals surface area contributed by atoms with Crippen molar-refractivity contribution in [3.63, 3.8) is 0 Å². The maximum Gasteiger partial charge on any atom is 0.0383 e. The Bertz CT molecular complexity index is 510. The Balaban J connectivity index is 1.74. The van der Waals surface area contributed by atoms with Gasteiger partial charge in [-0.3, -0.25) is 0 Å². The molecule has 3 nitrogen and oxygen atoms in total. The van der Waals surface area contributed by atoms with E-state index in [1.54, 1.807) is 0 Å². The Hall–Kier alpha value is -1.48. The zero-order valence-corrected chi connectivity index (χ0v) is 13.4. The summed E-state index contributed by atoms with van der Waals surface area (Å²) in [5.74, 6) is 0.729. The quantitative estimate of drug-likeness (QED) is 0.712. The molecule has 114 valence electrons. The molecule has 1 aromatic rings. The summed E-state index contributed by atoms with van der Waals surface area (Å²) in [6.07, 6.45) is 7.76. The highest BCUT2D eigenvalue weighted by Gasteiger charge is 2.43. The zero-order chi connectivity index (χ0) is 14.9. The van der Waals surface area contributed by atoms with Crippen molar-refractivity contribution >= 4 is 11.4 Å². The third kappa shape index (κ3) is 3.41. The molecule has 1 aromatic carbocycles.